The third-order valence-electron chi connectivity index (χ3n) is 3.19. The molecule has 0 aliphatic carbocycles. The molecule has 1 saturated heterocycles. The Hall–Kier alpha value is -1.98. The van der Waals surface area contributed by atoms with Gasteiger partial charge >= 0.3 is 0 Å². The maximum absolute atomic E-state index is 12.4. The van der Waals surface area contributed by atoms with Gasteiger partial charge in [-0.2, -0.15) is 0 Å². The van der Waals surface area contributed by atoms with Gasteiger partial charge in [0.1, 0.15) is 11.5 Å². The number of carbonyl (C=O) groups is 2. The molecule has 2 amide bonds. The number of halogens is 1. The van der Waals surface area contributed by atoms with Crippen LogP contribution in [0.1, 0.15) is 17.1 Å². The molecule has 1 aromatic heterocycles. The van der Waals surface area contributed by atoms with Gasteiger partial charge in [-0.15, -0.1) is 0 Å². The first-order chi connectivity index (χ1) is 10.5. The smallest absolute Gasteiger partial charge is 0.293 e. The van der Waals surface area contributed by atoms with E-state index in [1.54, 1.807) is 36.4 Å². The highest BCUT2D eigenvalue weighted by molar-refractivity contribution is 8.18. The van der Waals surface area contributed by atoms with Gasteiger partial charge in [0.2, 0.25) is 0 Å². The van der Waals surface area contributed by atoms with Gasteiger partial charge < -0.3 is 4.42 Å². The molecule has 2 aromatic rings. The number of benzene rings is 1. The molecule has 0 unspecified atom stereocenters. The third kappa shape index (κ3) is 2.96. The van der Waals surface area contributed by atoms with Crippen molar-refractivity contribution in [3.8, 4) is 0 Å². The van der Waals surface area contributed by atoms with Crippen molar-refractivity contribution in [2.45, 2.75) is 13.5 Å². The van der Waals surface area contributed by atoms with Crippen molar-refractivity contribution in [2.24, 2.45) is 0 Å². The van der Waals surface area contributed by atoms with Crippen LogP contribution in [-0.4, -0.2) is 16.0 Å². The third-order valence-corrected chi connectivity index (χ3v) is 4.47. The first-order valence-electron chi connectivity index (χ1n) is 6.60. The first kappa shape index (κ1) is 14.9. The Bertz CT molecular complexity index is 781. The molecule has 1 aliphatic heterocycles. The average molecular weight is 334 g/mol. The number of thioether (sulfide) groups is 1. The largest absolute Gasteiger partial charge is 0.462 e. The lowest BCUT2D eigenvalue weighted by Crippen LogP contribution is -2.27. The van der Waals surface area contributed by atoms with Gasteiger partial charge in [-0.1, -0.05) is 29.8 Å². The molecular weight excluding hydrogens is 322 g/mol. The lowest BCUT2D eigenvalue weighted by Gasteiger charge is -2.13. The highest BCUT2D eigenvalue weighted by atomic mass is 35.5. The van der Waals surface area contributed by atoms with Crippen molar-refractivity contribution >= 4 is 40.6 Å². The highest BCUT2D eigenvalue weighted by Crippen LogP contribution is 2.34. The van der Waals surface area contributed by atoms with Crippen molar-refractivity contribution < 1.29 is 14.0 Å². The first-order valence-corrected chi connectivity index (χ1v) is 7.79. The Morgan fingerprint density at radius 1 is 1.23 bits per heavy atom. The summed E-state index contributed by atoms with van der Waals surface area (Å²) in [6.07, 6.45) is 1.59. The summed E-state index contributed by atoms with van der Waals surface area (Å²) >= 11 is 6.99. The fourth-order valence-corrected chi connectivity index (χ4v) is 3.11. The van der Waals surface area contributed by atoms with E-state index in [-0.39, 0.29) is 17.7 Å². The van der Waals surface area contributed by atoms with Crippen LogP contribution >= 0.6 is 23.4 Å². The number of furan rings is 1. The van der Waals surface area contributed by atoms with Crippen LogP contribution in [0.4, 0.5) is 4.79 Å². The lowest BCUT2D eigenvalue weighted by atomic mass is 10.2. The summed E-state index contributed by atoms with van der Waals surface area (Å²) in [5.74, 6) is 0.978. The fourth-order valence-electron chi connectivity index (χ4n) is 2.09. The molecule has 0 atom stereocenters. The van der Waals surface area contributed by atoms with Crippen LogP contribution in [-0.2, 0) is 11.3 Å². The van der Waals surface area contributed by atoms with Crippen LogP contribution in [0.5, 0.6) is 0 Å². The summed E-state index contributed by atoms with van der Waals surface area (Å²) in [6.45, 7) is 1.99. The molecule has 1 aliphatic rings. The van der Waals surface area contributed by atoms with E-state index < -0.39 is 0 Å². The minimum absolute atomic E-state index is 0.166. The molecule has 4 nitrogen and oxygen atoms in total. The number of aryl methyl sites for hydroxylation is 1. The Labute approximate surface area is 136 Å². The molecule has 112 valence electrons. The number of amides is 2. The molecule has 0 bridgehead atoms. The van der Waals surface area contributed by atoms with Gasteiger partial charge in [0.25, 0.3) is 11.1 Å². The zero-order chi connectivity index (χ0) is 15.7. The van der Waals surface area contributed by atoms with Crippen molar-refractivity contribution in [3.63, 3.8) is 0 Å². The second kappa shape index (κ2) is 6.02. The van der Waals surface area contributed by atoms with Crippen molar-refractivity contribution in [3.05, 3.63) is 63.4 Å². The zero-order valence-corrected chi connectivity index (χ0v) is 13.3. The number of hydrogen-bond donors (Lipinski definition) is 0. The van der Waals surface area contributed by atoms with E-state index in [4.69, 9.17) is 16.0 Å². The van der Waals surface area contributed by atoms with Gasteiger partial charge in [-0.25, -0.2) is 0 Å². The maximum atomic E-state index is 12.4. The van der Waals surface area contributed by atoms with Crippen LogP contribution in [0.3, 0.4) is 0 Å². The van der Waals surface area contributed by atoms with Gasteiger partial charge in [-0.05, 0) is 42.4 Å². The highest BCUT2D eigenvalue weighted by Gasteiger charge is 2.35. The molecule has 2 heterocycles. The van der Waals surface area contributed by atoms with Crippen molar-refractivity contribution in [2.75, 3.05) is 0 Å². The van der Waals surface area contributed by atoms with Gasteiger partial charge in [-0.3, -0.25) is 14.5 Å². The van der Waals surface area contributed by atoms with Gasteiger partial charge in [0.05, 0.1) is 11.4 Å². The minimum Gasteiger partial charge on any atom is -0.462 e. The van der Waals surface area contributed by atoms with Crippen molar-refractivity contribution in [1.29, 1.82) is 0 Å². The summed E-state index contributed by atoms with van der Waals surface area (Å²) in [7, 11) is 0. The molecule has 3 rings (SSSR count). The Morgan fingerprint density at radius 3 is 2.68 bits per heavy atom. The van der Waals surface area contributed by atoms with E-state index in [9.17, 15) is 9.59 Å². The molecule has 0 radical (unpaired) electrons. The molecule has 6 heteroatoms. The minimum atomic E-state index is -0.330. The second-order valence-electron chi connectivity index (χ2n) is 4.81. The molecule has 1 fully saturated rings. The standard InChI is InChI=1S/C16H12ClNO3S/c1-10-6-7-12(21-10)8-14-15(19)18(16(20)22-14)9-11-4-2-3-5-13(11)17/h2-8H,9H2,1H3/b14-8-. The van der Waals surface area contributed by atoms with Gasteiger partial charge in [0.15, 0.2) is 0 Å². The molecule has 0 N–H and O–H groups in total. The van der Waals surface area contributed by atoms with Gasteiger partial charge in [0, 0.05) is 11.1 Å². The van der Waals surface area contributed by atoms with E-state index in [1.165, 1.54) is 4.90 Å². The summed E-state index contributed by atoms with van der Waals surface area (Å²) in [5, 5.41) is 0.228. The average Bonchev–Trinajstić information content (AvgIpc) is 3.00. The summed E-state index contributed by atoms with van der Waals surface area (Å²) < 4.78 is 5.41. The molecular formula is C16H12ClNO3S. The van der Waals surface area contributed by atoms with E-state index in [0.717, 1.165) is 23.1 Å². The van der Waals surface area contributed by atoms with Crippen LogP contribution < -0.4 is 0 Å². The Morgan fingerprint density at radius 2 is 2.00 bits per heavy atom. The number of rotatable bonds is 3. The molecule has 0 saturated carbocycles. The van der Waals surface area contributed by atoms with E-state index in [0.29, 0.717) is 15.7 Å². The number of carbonyl (C=O) groups excluding carboxylic acids is 2. The topological polar surface area (TPSA) is 50.5 Å². The Kier molecular flexibility index (Phi) is 4.09. The monoisotopic (exact) mass is 333 g/mol. The normalized spacial score (nSPS) is 16.8. The van der Waals surface area contributed by atoms with E-state index >= 15 is 0 Å². The van der Waals surface area contributed by atoms with E-state index in [2.05, 4.69) is 0 Å². The van der Waals surface area contributed by atoms with Crippen molar-refractivity contribution in [1.82, 2.24) is 4.90 Å². The van der Waals surface area contributed by atoms with Crippen LogP contribution in [0, 0.1) is 6.92 Å². The zero-order valence-electron chi connectivity index (χ0n) is 11.7. The predicted octanol–water partition coefficient (Wildman–Crippen LogP) is 4.48. The Balaban J connectivity index is 1.83. The quantitative estimate of drug-likeness (QED) is 0.777. The van der Waals surface area contributed by atoms with E-state index in [1.807, 2.05) is 13.0 Å². The van der Waals surface area contributed by atoms with Crippen LogP contribution in [0.25, 0.3) is 6.08 Å². The number of nitrogens with zero attached hydrogens (tertiary/aromatic N) is 1. The molecule has 22 heavy (non-hydrogen) atoms. The van der Waals surface area contributed by atoms with Crippen LogP contribution in [0.15, 0.2) is 45.7 Å². The molecule has 0 spiro atoms. The summed E-state index contributed by atoms with van der Waals surface area (Å²) in [6, 6.07) is 10.7. The lowest BCUT2D eigenvalue weighted by molar-refractivity contribution is -0.123. The predicted molar refractivity (Wildman–Crippen MR) is 86.4 cm³/mol. The summed E-state index contributed by atoms with van der Waals surface area (Å²) in [5.41, 5.74) is 0.738. The number of hydrogen-bond acceptors (Lipinski definition) is 4. The van der Waals surface area contributed by atoms with Crippen LogP contribution in [0.2, 0.25) is 5.02 Å². The fraction of sp³-hybridized carbons (Fsp3) is 0.125. The summed E-state index contributed by atoms with van der Waals surface area (Å²) in [4.78, 5) is 26.0. The maximum Gasteiger partial charge on any atom is 0.293 e. The number of imide groups is 1. The SMILES string of the molecule is Cc1ccc(/C=C2\SC(=O)N(Cc3ccccc3Cl)C2=O)o1. The molecule has 1 aromatic carbocycles. The second-order valence-corrected chi connectivity index (χ2v) is 6.21.